The van der Waals surface area contributed by atoms with Crippen molar-refractivity contribution in [2.24, 2.45) is 0 Å². The number of aromatic amines is 1. The summed E-state index contributed by atoms with van der Waals surface area (Å²) in [5.41, 5.74) is 1.24. The number of anilines is 1. The molecule has 8 heteroatoms. The molecule has 0 aromatic carbocycles. The van der Waals surface area contributed by atoms with E-state index in [1.807, 2.05) is 13.0 Å². The predicted molar refractivity (Wildman–Crippen MR) is 91.2 cm³/mol. The van der Waals surface area contributed by atoms with Crippen molar-refractivity contribution in [1.82, 2.24) is 24.7 Å². The Morgan fingerprint density at radius 2 is 2.09 bits per heavy atom. The zero-order chi connectivity index (χ0) is 16.0. The summed E-state index contributed by atoms with van der Waals surface area (Å²) in [5.74, 6) is 1.29. The van der Waals surface area contributed by atoms with Gasteiger partial charge in [0.05, 0.1) is 0 Å². The molecule has 0 amide bonds. The second kappa shape index (κ2) is 5.45. The van der Waals surface area contributed by atoms with E-state index in [-0.39, 0.29) is 5.56 Å². The van der Waals surface area contributed by atoms with Gasteiger partial charge in [-0.3, -0.25) is 9.78 Å². The summed E-state index contributed by atoms with van der Waals surface area (Å²) < 4.78 is 2.52. The van der Waals surface area contributed by atoms with Crippen LogP contribution in [-0.2, 0) is 0 Å². The third kappa shape index (κ3) is 2.52. The van der Waals surface area contributed by atoms with E-state index in [1.54, 1.807) is 17.1 Å². The number of aryl methyl sites for hydroxylation is 1. The molecule has 118 valence electrons. The van der Waals surface area contributed by atoms with Gasteiger partial charge in [0.25, 0.3) is 5.56 Å². The first kappa shape index (κ1) is 14.4. The average Bonchev–Trinajstić information content (AvgIpc) is 3.16. The van der Waals surface area contributed by atoms with Crippen LogP contribution < -0.4 is 10.5 Å². The second-order valence-electron chi connectivity index (χ2n) is 5.69. The number of pyridine rings is 1. The lowest BCUT2D eigenvalue weighted by Crippen LogP contribution is -2.23. The number of rotatable bonds is 2. The maximum absolute atomic E-state index is 12.3. The van der Waals surface area contributed by atoms with Crippen molar-refractivity contribution in [3.05, 3.63) is 38.9 Å². The maximum atomic E-state index is 12.3. The van der Waals surface area contributed by atoms with Crippen molar-refractivity contribution in [3.63, 3.8) is 0 Å². The van der Waals surface area contributed by atoms with Crippen LogP contribution in [0.2, 0.25) is 0 Å². The molecule has 3 aromatic rings. The fourth-order valence-electron chi connectivity index (χ4n) is 2.87. The number of halogens is 1. The molecule has 0 bridgehead atoms. The van der Waals surface area contributed by atoms with Crippen LogP contribution in [0.3, 0.4) is 0 Å². The smallest absolute Gasteiger partial charge is 0.263 e. The van der Waals surface area contributed by atoms with Crippen molar-refractivity contribution in [3.8, 4) is 5.82 Å². The van der Waals surface area contributed by atoms with Gasteiger partial charge in [-0.2, -0.15) is 4.98 Å². The van der Waals surface area contributed by atoms with Crippen molar-refractivity contribution < 1.29 is 0 Å². The highest BCUT2D eigenvalue weighted by Gasteiger charge is 2.17. The molecule has 7 nitrogen and oxygen atoms in total. The molecule has 1 fully saturated rings. The quantitative estimate of drug-likeness (QED) is 0.743. The fourth-order valence-corrected chi connectivity index (χ4v) is 3.31. The lowest BCUT2D eigenvalue weighted by Gasteiger charge is -2.14. The highest BCUT2D eigenvalue weighted by molar-refractivity contribution is 9.10. The third-order valence-corrected chi connectivity index (χ3v) is 4.45. The highest BCUT2D eigenvalue weighted by atomic mass is 79.9. The normalized spacial score (nSPS) is 14.8. The number of hydrogen-bond acceptors (Lipinski definition) is 5. The average molecular weight is 375 g/mol. The molecule has 0 atom stereocenters. The van der Waals surface area contributed by atoms with E-state index in [2.05, 4.69) is 40.9 Å². The zero-order valence-electron chi connectivity index (χ0n) is 12.6. The van der Waals surface area contributed by atoms with Crippen LogP contribution in [0.25, 0.3) is 16.9 Å². The van der Waals surface area contributed by atoms with E-state index in [0.29, 0.717) is 22.8 Å². The number of nitrogens with one attached hydrogen (secondary N) is 1. The number of hydrogen-bond donors (Lipinski definition) is 1. The summed E-state index contributed by atoms with van der Waals surface area (Å²) in [6, 6.07) is 1.96. The summed E-state index contributed by atoms with van der Waals surface area (Å²) in [7, 11) is 0. The Kier molecular flexibility index (Phi) is 3.41. The van der Waals surface area contributed by atoms with E-state index in [9.17, 15) is 4.79 Å². The Labute approximate surface area is 140 Å². The van der Waals surface area contributed by atoms with Crippen LogP contribution in [0.4, 0.5) is 5.95 Å². The molecule has 4 heterocycles. The first-order chi connectivity index (χ1) is 11.1. The van der Waals surface area contributed by atoms with Gasteiger partial charge >= 0.3 is 0 Å². The molecule has 0 unspecified atom stereocenters. The molecule has 4 rings (SSSR count). The Morgan fingerprint density at radius 3 is 2.83 bits per heavy atom. The molecule has 0 saturated carbocycles. The van der Waals surface area contributed by atoms with Gasteiger partial charge in [-0.15, -0.1) is 5.10 Å². The monoisotopic (exact) mass is 374 g/mol. The van der Waals surface area contributed by atoms with Gasteiger partial charge in [0.15, 0.2) is 11.5 Å². The fraction of sp³-hybridized carbons (Fsp3) is 0.333. The van der Waals surface area contributed by atoms with Gasteiger partial charge in [-0.05, 0) is 47.3 Å². The van der Waals surface area contributed by atoms with Gasteiger partial charge in [0, 0.05) is 30.0 Å². The molecular weight excluding hydrogens is 360 g/mol. The van der Waals surface area contributed by atoms with Gasteiger partial charge < -0.3 is 4.90 Å². The molecule has 0 aliphatic carbocycles. The molecule has 1 N–H and O–H groups in total. The number of aromatic nitrogens is 5. The molecule has 1 aliphatic heterocycles. The van der Waals surface area contributed by atoms with Crippen LogP contribution in [0.1, 0.15) is 18.4 Å². The van der Waals surface area contributed by atoms with Gasteiger partial charge in [-0.1, -0.05) is 0 Å². The number of H-pyrrole nitrogens is 1. The Hall–Kier alpha value is -2.22. The summed E-state index contributed by atoms with van der Waals surface area (Å²) >= 11 is 3.40. The third-order valence-electron chi connectivity index (χ3n) is 4.02. The first-order valence-electron chi connectivity index (χ1n) is 7.49. The molecule has 1 aliphatic rings. The van der Waals surface area contributed by atoms with E-state index in [0.717, 1.165) is 36.0 Å². The SMILES string of the molecule is Cc1cc(Br)cnc1-n1cc2c(=O)[nH]c(N3CCCC3)nc2n1. The van der Waals surface area contributed by atoms with Crippen LogP contribution >= 0.6 is 15.9 Å². The molecule has 0 spiro atoms. The largest absolute Gasteiger partial charge is 0.342 e. The van der Waals surface area contributed by atoms with Gasteiger partial charge in [0.1, 0.15) is 5.39 Å². The minimum absolute atomic E-state index is 0.169. The van der Waals surface area contributed by atoms with Crippen molar-refractivity contribution in [2.45, 2.75) is 19.8 Å². The second-order valence-corrected chi connectivity index (χ2v) is 6.60. The van der Waals surface area contributed by atoms with E-state index < -0.39 is 0 Å². The lowest BCUT2D eigenvalue weighted by molar-refractivity contribution is 0.841. The molecular formula is C15H15BrN6O. The molecule has 0 radical (unpaired) electrons. The van der Waals surface area contributed by atoms with E-state index in [1.165, 1.54) is 0 Å². The first-order valence-corrected chi connectivity index (χ1v) is 8.28. The standard InChI is InChI=1S/C15H15BrN6O/c1-9-6-10(16)7-17-13(9)22-8-11-12(20-22)18-15(19-14(11)23)21-4-2-3-5-21/h6-8H,2-5H2,1H3,(H,18,19,20,23). The van der Waals surface area contributed by atoms with Crippen molar-refractivity contribution in [2.75, 3.05) is 18.0 Å². The zero-order valence-corrected chi connectivity index (χ0v) is 14.2. The summed E-state index contributed by atoms with van der Waals surface area (Å²) in [6.45, 7) is 3.79. The van der Waals surface area contributed by atoms with Crippen LogP contribution in [0.15, 0.2) is 27.7 Å². The Morgan fingerprint density at radius 1 is 1.30 bits per heavy atom. The highest BCUT2D eigenvalue weighted by Crippen LogP contribution is 2.19. The van der Waals surface area contributed by atoms with Crippen LogP contribution in [0.5, 0.6) is 0 Å². The summed E-state index contributed by atoms with van der Waals surface area (Å²) in [4.78, 5) is 26.2. The molecule has 1 saturated heterocycles. The van der Waals surface area contributed by atoms with E-state index >= 15 is 0 Å². The Bertz CT molecular complexity index is 941. The summed E-state index contributed by atoms with van der Waals surface area (Å²) in [5, 5.41) is 4.92. The van der Waals surface area contributed by atoms with Crippen LogP contribution in [0, 0.1) is 6.92 Å². The minimum Gasteiger partial charge on any atom is -0.342 e. The van der Waals surface area contributed by atoms with Crippen molar-refractivity contribution in [1.29, 1.82) is 0 Å². The maximum Gasteiger partial charge on any atom is 0.263 e. The number of nitrogens with zero attached hydrogens (tertiary/aromatic N) is 5. The summed E-state index contributed by atoms with van der Waals surface area (Å²) in [6.07, 6.45) is 5.64. The van der Waals surface area contributed by atoms with Crippen LogP contribution in [-0.4, -0.2) is 37.8 Å². The predicted octanol–water partition coefficient (Wildman–Crippen LogP) is 2.17. The lowest BCUT2D eigenvalue weighted by atomic mass is 10.3. The van der Waals surface area contributed by atoms with Gasteiger partial charge in [0.2, 0.25) is 5.95 Å². The van der Waals surface area contributed by atoms with Gasteiger partial charge in [-0.25, -0.2) is 9.67 Å². The van der Waals surface area contributed by atoms with E-state index in [4.69, 9.17) is 0 Å². The molecule has 3 aromatic heterocycles. The topological polar surface area (TPSA) is 79.7 Å². The Balaban J connectivity index is 1.84. The molecule has 23 heavy (non-hydrogen) atoms. The number of fused-ring (bicyclic) bond motifs is 1. The van der Waals surface area contributed by atoms with Crippen molar-refractivity contribution >= 4 is 32.9 Å². The minimum atomic E-state index is -0.169.